The highest BCUT2D eigenvalue weighted by Gasteiger charge is 2.20. The van der Waals surface area contributed by atoms with E-state index in [2.05, 4.69) is 15.6 Å². The summed E-state index contributed by atoms with van der Waals surface area (Å²) in [6, 6.07) is 2.98. The van der Waals surface area contributed by atoms with Gasteiger partial charge in [0.15, 0.2) is 5.69 Å². The fraction of sp³-hybridized carbons (Fsp3) is 0.333. The Bertz CT molecular complexity index is 594. The van der Waals surface area contributed by atoms with E-state index >= 15 is 0 Å². The van der Waals surface area contributed by atoms with Crippen LogP contribution in [0, 0.1) is 0 Å². The summed E-state index contributed by atoms with van der Waals surface area (Å²) in [5.41, 5.74) is 0.112. The van der Waals surface area contributed by atoms with Gasteiger partial charge in [-0.2, -0.15) is 0 Å². The van der Waals surface area contributed by atoms with E-state index in [1.54, 1.807) is 22.9 Å². The number of amides is 1. The molecule has 0 aliphatic rings. The Kier molecular flexibility index (Phi) is 4.46. The summed E-state index contributed by atoms with van der Waals surface area (Å²) in [6.45, 7) is 2.22. The summed E-state index contributed by atoms with van der Waals surface area (Å²) in [7, 11) is 0. The lowest BCUT2D eigenvalue weighted by atomic mass is 10.2. The predicted molar refractivity (Wildman–Crippen MR) is 72.6 cm³/mol. The minimum Gasteiger partial charge on any atom is -0.480 e. The first-order valence-corrected chi connectivity index (χ1v) is 6.94. The molecular formula is C12H14N4O3S. The molecule has 2 heterocycles. The molecule has 106 valence electrons. The van der Waals surface area contributed by atoms with Crippen molar-refractivity contribution >= 4 is 23.2 Å². The highest BCUT2D eigenvalue weighted by Crippen LogP contribution is 2.10. The molecule has 0 bridgehead atoms. The topological polar surface area (TPSA) is 97.1 Å². The number of hydrogen-bond acceptors (Lipinski definition) is 5. The Balaban J connectivity index is 2.01. The number of aliphatic carboxylic acids is 1. The fourth-order valence-corrected chi connectivity index (χ4v) is 2.31. The summed E-state index contributed by atoms with van der Waals surface area (Å²) < 4.78 is 1.54. The predicted octanol–water partition coefficient (Wildman–Crippen LogP) is 0.981. The van der Waals surface area contributed by atoms with Gasteiger partial charge in [0.25, 0.3) is 5.91 Å². The largest absolute Gasteiger partial charge is 0.480 e. The molecule has 0 fully saturated rings. The second-order valence-corrected chi connectivity index (χ2v) is 5.19. The smallest absolute Gasteiger partial charge is 0.326 e. The lowest BCUT2D eigenvalue weighted by Gasteiger charge is -2.10. The molecule has 0 aliphatic carbocycles. The standard InChI is InChI=1S/C12H14N4O3S/c1-2-9(12(18)19)13-11(17)10-7-16(15-14-10)6-8-4-3-5-20-8/h3-5,7,9H,2,6H2,1H3,(H,13,17)(H,18,19). The van der Waals surface area contributed by atoms with Crippen LogP contribution in [-0.4, -0.2) is 38.0 Å². The van der Waals surface area contributed by atoms with Crippen molar-refractivity contribution in [1.82, 2.24) is 20.3 Å². The minimum absolute atomic E-state index is 0.112. The van der Waals surface area contributed by atoms with Gasteiger partial charge in [-0.05, 0) is 17.9 Å². The van der Waals surface area contributed by atoms with E-state index in [1.165, 1.54) is 6.20 Å². The lowest BCUT2D eigenvalue weighted by Crippen LogP contribution is -2.40. The van der Waals surface area contributed by atoms with Crippen LogP contribution in [0.15, 0.2) is 23.7 Å². The third-order valence-corrected chi connectivity index (χ3v) is 3.54. The molecule has 2 N–H and O–H groups in total. The van der Waals surface area contributed by atoms with Gasteiger partial charge in [-0.3, -0.25) is 4.79 Å². The Morgan fingerprint density at radius 2 is 2.35 bits per heavy atom. The van der Waals surface area contributed by atoms with Gasteiger partial charge in [0.1, 0.15) is 6.04 Å². The molecule has 0 aliphatic heterocycles. The Morgan fingerprint density at radius 1 is 1.55 bits per heavy atom. The van der Waals surface area contributed by atoms with Gasteiger partial charge in [0, 0.05) is 4.88 Å². The summed E-state index contributed by atoms with van der Waals surface area (Å²) in [5, 5.41) is 20.9. The molecule has 0 saturated heterocycles. The Hall–Kier alpha value is -2.22. The van der Waals surface area contributed by atoms with Crippen molar-refractivity contribution in [2.24, 2.45) is 0 Å². The van der Waals surface area contributed by atoms with Crippen LogP contribution in [0.1, 0.15) is 28.7 Å². The summed E-state index contributed by atoms with van der Waals surface area (Å²) >= 11 is 1.59. The number of rotatable bonds is 6. The molecule has 2 aromatic heterocycles. The molecule has 1 unspecified atom stereocenters. The average Bonchev–Trinajstić information content (AvgIpc) is 3.07. The zero-order valence-electron chi connectivity index (χ0n) is 10.8. The van der Waals surface area contributed by atoms with Gasteiger partial charge < -0.3 is 10.4 Å². The number of thiophene rings is 1. The first-order chi connectivity index (χ1) is 9.60. The molecule has 0 radical (unpaired) electrons. The Labute approximate surface area is 119 Å². The maximum atomic E-state index is 11.8. The van der Waals surface area contributed by atoms with Crippen molar-refractivity contribution < 1.29 is 14.7 Å². The number of carboxylic acid groups (broad SMARTS) is 1. The lowest BCUT2D eigenvalue weighted by molar-refractivity contribution is -0.139. The van der Waals surface area contributed by atoms with Gasteiger partial charge >= 0.3 is 5.97 Å². The molecule has 0 spiro atoms. The third-order valence-electron chi connectivity index (χ3n) is 2.68. The number of hydrogen-bond donors (Lipinski definition) is 2. The van der Waals surface area contributed by atoms with E-state index in [9.17, 15) is 9.59 Å². The van der Waals surface area contributed by atoms with Crippen LogP contribution in [-0.2, 0) is 11.3 Å². The maximum Gasteiger partial charge on any atom is 0.326 e. The van der Waals surface area contributed by atoms with Gasteiger partial charge in [-0.25, -0.2) is 9.48 Å². The summed E-state index contributed by atoms with van der Waals surface area (Å²) in [6.07, 6.45) is 1.81. The van der Waals surface area contributed by atoms with Crippen LogP contribution in [0.3, 0.4) is 0 Å². The molecule has 1 amide bonds. The number of nitrogens with one attached hydrogen (secondary N) is 1. The van der Waals surface area contributed by atoms with E-state index in [4.69, 9.17) is 5.11 Å². The fourth-order valence-electron chi connectivity index (χ4n) is 1.61. The number of carboxylic acids is 1. The van der Waals surface area contributed by atoms with Gasteiger partial charge in [0.2, 0.25) is 0 Å². The van der Waals surface area contributed by atoms with Crippen LogP contribution in [0.25, 0.3) is 0 Å². The zero-order chi connectivity index (χ0) is 14.5. The van der Waals surface area contributed by atoms with Crippen molar-refractivity contribution in [1.29, 1.82) is 0 Å². The van der Waals surface area contributed by atoms with E-state index in [0.717, 1.165) is 4.88 Å². The maximum absolute atomic E-state index is 11.8. The monoisotopic (exact) mass is 294 g/mol. The third kappa shape index (κ3) is 3.41. The highest BCUT2D eigenvalue weighted by molar-refractivity contribution is 7.09. The summed E-state index contributed by atoms with van der Waals surface area (Å²) in [5.74, 6) is -1.59. The summed E-state index contributed by atoms with van der Waals surface area (Å²) in [4.78, 5) is 23.8. The van der Waals surface area contributed by atoms with Crippen LogP contribution >= 0.6 is 11.3 Å². The number of aromatic nitrogens is 3. The highest BCUT2D eigenvalue weighted by atomic mass is 32.1. The second-order valence-electron chi connectivity index (χ2n) is 4.15. The van der Waals surface area contributed by atoms with Crippen molar-refractivity contribution in [2.45, 2.75) is 25.9 Å². The minimum atomic E-state index is -1.06. The first-order valence-electron chi connectivity index (χ1n) is 6.06. The molecule has 1 atom stereocenters. The molecule has 2 aromatic rings. The van der Waals surface area contributed by atoms with E-state index in [0.29, 0.717) is 13.0 Å². The molecule has 8 heteroatoms. The van der Waals surface area contributed by atoms with Gasteiger partial charge in [-0.1, -0.05) is 18.2 Å². The van der Waals surface area contributed by atoms with Crippen LogP contribution in [0.5, 0.6) is 0 Å². The van der Waals surface area contributed by atoms with Crippen LogP contribution < -0.4 is 5.32 Å². The SMILES string of the molecule is CCC(NC(=O)c1cn(Cc2cccs2)nn1)C(=O)O. The van der Waals surface area contributed by atoms with Gasteiger partial charge in [-0.15, -0.1) is 16.4 Å². The Morgan fingerprint density at radius 3 is 2.95 bits per heavy atom. The quantitative estimate of drug-likeness (QED) is 0.827. The second kappa shape index (κ2) is 6.29. The molecule has 7 nitrogen and oxygen atoms in total. The van der Waals surface area contributed by atoms with Gasteiger partial charge in [0.05, 0.1) is 12.7 Å². The van der Waals surface area contributed by atoms with E-state index < -0.39 is 17.9 Å². The normalized spacial score (nSPS) is 12.1. The molecular weight excluding hydrogens is 280 g/mol. The molecule has 20 heavy (non-hydrogen) atoms. The van der Waals surface area contributed by atoms with Crippen molar-refractivity contribution in [3.05, 3.63) is 34.3 Å². The first kappa shape index (κ1) is 14.2. The zero-order valence-corrected chi connectivity index (χ0v) is 11.6. The molecule has 2 rings (SSSR count). The number of carbonyl (C=O) groups excluding carboxylic acids is 1. The van der Waals surface area contributed by atoms with Crippen LogP contribution in [0.4, 0.5) is 0 Å². The van der Waals surface area contributed by atoms with Crippen molar-refractivity contribution in [3.8, 4) is 0 Å². The number of carbonyl (C=O) groups is 2. The molecule has 0 saturated carbocycles. The van der Waals surface area contributed by atoms with Crippen LogP contribution in [0.2, 0.25) is 0 Å². The van der Waals surface area contributed by atoms with E-state index in [1.807, 2.05) is 17.5 Å². The molecule has 0 aromatic carbocycles. The van der Waals surface area contributed by atoms with Crippen molar-refractivity contribution in [2.75, 3.05) is 0 Å². The average molecular weight is 294 g/mol. The van der Waals surface area contributed by atoms with E-state index in [-0.39, 0.29) is 5.69 Å². The van der Waals surface area contributed by atoms with Crippen molar-refractivity contribution in [3.63, 3.8) is 0 Å². The number of nitrogens with zero attached hydrogens (tertiary/aromatic N) is 3.